The number of hydrogen-bond donors (Lipinski definition) is 2. The van der Waals surface area contributed by atoms with E-state index in [9.17, 15) is 10.0 Å². The first-order valence-corrected chi connectivity index (χ1v) is 11.3. The third kappa shape index (κ3) is 3.50. The molecular weight excluding hydrogens is 417 g/mol. The zero-order valence-electron chi connectivity index (χ0n) is 18.5. The predicted octanol–water partition coefficient (Wildman–Crippen LogP) is 6.30. The van der Waals surface area contributed by atoms with Gasteiger partial charge in [0.1, 0.15) is 0 Å². The van der Waals surface area contributed by atoms with Crippen molar-refractivity contribution >= 4 is 62.0 Å². The second-order valence-corrected chi connectivity index (χ2v) is 8.49. The van der Waals surface area contributed by atoms with Gasteiger partial charge in [0.2, 0.25) is 0 Å². The molecule has 0 bridgehead atoms. The summed E-state index contributed by atoms with van der Waals surface area (Å²) in [5, 5.41) is 26.3. The van der Waals surface area contributed by atoms with Crippen LogP contribution in [0.4, 0.5) is 17.1 Å². The summed E-state index contributed by atoms with van der Waals surface area (Å²) in [5.74, 6) is 0. The number of fused-ring (bicyclic) bond motifs is 4. The van der Waals surface area contributed by atoms with E-state index in [1.54, 1.807) is 12.1 Å². The van der Waals surface area contributed by atoms with Gasteiger partial charge in [0, 0.05) is 16.8 Å². The summed E-state index contributed by atoms with van der Waals surface area (Å²) in [4.78, 5) is 2.24. The molecular formula is C30H22BNO2. The second kappa shape index (κ2) is 8.34. The number of rotatable bonds is 4. The molecule has 0 heterocycles. The zero-order valence-corrected chi connectivity index (χ0v) is 18.5. The standard InChI is InChI=1S/C30H22BNO2/c33-31(34)24-14-17-25(18-15-24)32(26-16-13-21-7-1-2-8-22(21)19-26)30-20-23-9-3-4-10-27(23)28-11-5-6-12-29(28)30/h1-20,33-34H. The van der Waals surface area contributed by atoms with Gasteiger partial charge in [-0.25, -0.2) is 0 Å². The fraction of sp³-hybridized carbons (Fsp3) is 0. The van der Waals surface area contributed by atoms with Gasteiger partial charge in [0.15, 0.2) is 0 Å². The lowest BCUT2D eigenvalue weighted by atomic mass is 9.80. The molecule has 2 N–H and O–H groups in total. The maximum atomic E-state index is 9.61. The number of benzene rings is 6. The Hall–Kier alpha value is -4.12. The summed E-state index contributed by atoms with van der Waals surface area (Å²) in [6, 6.07) is 41.4. The Balaban J connectivity index is 1.65. The number of hydrogen-bond acceptors (Lipinski definition) is 3. The smallest absolute Gasteiger partial charge is 0.423 e. The molecule has 0 aliphatic rings. The predicted molar refractivity (Wildman–Crippen MR) is 143 cm³/mol. The summed E-state index contributed by atoms with van der Waals surface area (Å²) >= 11 is 0. The van der Waals surface area contributed by atoms with Gasteiger partial charge in [-0.15, -0.1) is 0 Å². The van der Waals surface area contributed by atoms with Gasteiger partial charge in [-0.1, -0.05) is 91.0 Å². The molecule has 0 spiro atoms. The van der Waals surface area contributed by atoms with E-state index >= 15 is 0 Å². The highest BCUT2D eigenvalue weighted by Gasteiger charge is 2.18. The van der Waals surface area contributed by atoms with Crippen LogP contribution in [0.5, 0.6) is 0 Å². The van der Waals surface area contributed by atoms with Crippen LogP contribution in [0.25, 0.3) is 32.3 Å². The molecule has 0 aliphatic heterocycles. The van der Waals surface area contributed by atoms with E-state index < -0.39 is 7.12 Å². The lowest BCUT2D eigenvalue weighted by Gasteiger charge is -2.28. The van der Waals surface area contributed by atoms with Crippen LogP contribution < -0.4 is 10.4 Å². The molecule has 3 nitrogen and oxygen atoms in total. The van der Waals surface area contributed by atoms with Crippen LogP contribution in [0.15, 0.2) is 121 Å². The van der Waals surface area contributed by atoms with E-state index in [2.05, 4.69) is 102 Å². The van der Waals surface area contributed by atoms with Gasteiger partial charge in [0.05, 0.1) is 5.69 Å². The molecule has 6 aromatic rings. The van der Waals surface area contributed by atoms with Gasteiger partial charge in [-0.3, -0.25) is 0 Å². The molecule has 0 atom stereocenters. The van der Waals surface area contributed by atoms with Crippen molar-refractivity contribution in [2.75, 3.05) is 4.90 Å². The third-order valence-corrected chi connectivity index (χ3v) is 6.43. The minimum Gasteiger partial charge on any atom is -0.423 e. The van der Waals surface area contributed by atoms with E-state index in [0.717, 1.165) is 27.8 Å². The molecule has 0 unspecified atom stereocenters. The highest BCUT2D eigenvalue weighted by atomic mass is 16.4. The Labute approximate surface area is 198 Å². The van der Waals surface area contributed by atoms with Crippen LogP contribution in [0.3, 0.4) is 0 Å². The summed E-state index contributed by atoms with van der Waals surface area (Å²) in [6.07, 6.45) is 0. The first-order chi connectivity index (χ1) is 16.7. The van der Waals surface area contributed by atoms with Gasteiger partial charge in [0.25, 0.3) is 0 Å². The topological polar surface area (TPSA) is 43.7 Å². The fourth-order valence-electron chi connectivity index (χ4n) is 4.76. The highest BCUT2D eigenvalue weighted by Crippen LogP contribution is 2.42. The van der Waals surface area contributed by atoms with Crippen molar-refractivity contribution in [3.8, 4) is 0 Å². The van der Waals surface area contributed by atoms with Crippen molar-refractivity contribution in [1.29, 1.82) is 0 Å². The molecule has 4 heteroatoms. The molecule has 0 aliphatic carbocycles. The second-order valence-electron chi connectivity index (χ2n) is 8.49. The molecule has 162 valence electrons. The minimum atomic E-state index is -1.50. The van der Waals surface area contributed by atoms with Crippen LogP contribution in [0.2, 0.25) is 0 Å². The van der Waals surface area contributed by atoms with Crippen LogP contribution in [0, 0.1) is 0 Å². The normalized spacial score (nSPS) is 11.2. The van der Waals surface area contributed by atoms with Crippen LogP contribution in [-0.2, 0) is 0 Å². The maximum absolute atomic E-state index is 9.61. The summed E-state index contributed by atoms with van der Waals surface area (Å²) in [5.41, 5.74) is 3.52. The Morgan fingerprint density at radius 3 is 1.79 bits per heavy atom. The van der Waals surface area contributed by atoms with E-state index in [-0.39, 0.29) is 0 Å². The highest BCUT2D eigenvalue weighted by molar-refractivity contribution is 6.58. The van der Waals surface area contributed by atoms with Crippen molar-refractivity contribution in [3.05, 3.63) is 121 Å². The van der Waals surface area contributed by atoms with Crippen molar-refractivity contribution in [3.63, 3.8) is 0 Å². The Morgan fingerprint density at radius 1 is 0.471 bits per heavy atom. The molecule has 0 radical (unpaired) electrons. The monoisotopic (exact) mass is 439 g/mol. The number of anilines is 3. The van der Waals surface area contributed by atoms with E-state index in [1.807, 2.05) is 12.1 Å². The fourth-order valence-corrected chi connectivity index (χ4v) is 4.76. The number of nitrogens with zero attached hydrogens (tertiary/aromatic N) is 1. The van der Waals surface area contributed by atoms with E-state index in [1.165, 1.54) is 21.5 Å². The SMILES string of the molecule is OB(O)c1ccc(N(c2ccc3ccccc3c2)c2cc3ccccc3c3ccccc23)cc1. The summed E-state index contributed by atoms with van der Waals surface area (Å²) in [7, 11) is -1.50. The van der Waals surface area contributed by atoms with Gasteiger partial charge in [-0.05, 0) is 62.7 Å². The van der Waals surface area contributed by atoms with Crippen molar-refractivity contribution < 1.29 is 10.0 Å². The Kier molecular flexibility index (Phi) is 5.03. The van der Waals surface area contributed by atoms with E-state index in [4.69, 9.17) is 0 Å². The maximum Gasteiger partial charge on any atom is 0.488 e. The van der Waals surface area contributed by atoms with Gasteiger partial charge < -0.3 is 14.9 Å². The summed E-state index contributed by atoms with van der Waals surface area (Å²) in [6.45, 7) is 0. The molecule has 0 amide bonds. The van der Waals surface area contributed by atoms with Crippen LogP contribution in [-0.4, -0.2) is 17.2 Å². The van der Waals surface area contributed by atoms with Crippen molar-refractivity contribution in [2.45, 2.75) is 0 Å². The quantitative estimate of drug-likeness (QED) is 0.250. The molecule has 0 aromatic heterocycles. The van der Waals surface area contributed by atoms with Crippen molar-refractivity contribution in [2.24, 2.45) is 0 Å². The summed E-state index contributed by atoms with van der Waals surface area (Å²) < 4.78 is 0. The molecule has 0 saturated heterocycles. The first kappa shape index (κ1) is 20.5. The lowest BCUT2D eigenvalue weighted by molar-refractivity contribution is 0.426. The largest absolute Gasteiger partial charge is 0.488 e. The Morgan fingerprint density at radius 2 is 1.06 bits per heavy atom. The Bertz CT molecular complexity index is 1640. The average Bonchev–Trinajstić information content (AvgIpc) is 2.89. The van der Waals surface area contributed by atoms with Crippen molar-refractivity contribution in [1.82, 2.24) is 0 Å². The molecule has 0 fully saturated rings. The zero-order chi connectivity index (χ0) is 23.1. The lowest BCUT2D eigenvalue weighted by Crippen LogP contribution is -2.29. The minimum absolute atomic E-state index is 0.464. The van der Waals surface area contributed by atoms with Gasteiger partial charge in [-0.2, -0.15) is 0 Å². The third-order valence-electron chi connectivity index (χ3n) is 6.43. The molecule has 34 heavy (non-hydrogen) atoms. The first-order valence-electron chi connectivity index (χ1n) is 11.3. The molecule has 6 rings (SSSR count). The molecule has 6 aromatic carbocycles. The van der Waals surface area contributed by atoms with E-state index in [0.29, 0.717) is 5.46 Å². The average molecular weight is 439 g/mol. The molecule has 0 saturated carbocycles. The van der Waals surface area contributed by atoms with Crippen LogP contribution >= 0.6 is 0 Å². The van der Waals surface area contributed by atoms with Crippen LogP contribution in [0.1, 0.15) is 0 Å². The van der Waals surface area contributed by atoms with Gasteiger partial charge >= 0.3 is 7.12 Å².